The molecular formula is C26H28N6O4. The number of piperazine rings is 1. The van der Waals surface area contributed by atoms with E-state index >= 15 is 0 Å². The number of H-pyrrole nitrogens is 1. The van der Waals surface area contributed by atoms with Gasteiger partial charge in [0, 0.05) is 55.7 Å². The second kappa shape index (κ2) is 9.19. The molecule has 6 rings (SSSR count). The molecule has 3 aliphatic rings. The monoisotopic (exact) mass is 488 g/mol. The Morgan fingerprint density at radius 2 is 1.75 bits per heavy atom. The summed E-state index contributed by atoms with van der Waals surface area (Å²) >= 11 is 0. The number of ether oxygens (including phenoxy) is 2. The van der Waals surface area contributed by atoms with Crippen LogP contribution in [0.15, 0.2) is 42.5 Å². The first-order valence-electron chi connectivity index (χ1n) is 12.2. The van der Waals surface area contributed by atoms with Gasteiger partial charge in [-0.2, -0.15) is 5.10 Å². The smallest absolute Gasteiger partial charge is 0.276 e. The zero-order valence-corrected chi connectivity index (χ0v) is 20.1. The van der Waals surface area contributed by atoms with Crippen LogP contribution in [0.5, 0.6) is 11.5 Å². The third kappa shape index (κ3) is 4.24. The molecule has 3 aliphatic heterocycles. The summed E-state index contributed by atoms with van der Waals surface area (Å²) in [5.41, 5.74) is 4.30. The first-order chi connectivity index (χ1) is 17.5. The standard InChI is InChI=1S/C26H28N6O4/c1-17-2-4-18(5-3-17)32-9-8-20-24(26(32)34)28-29-25(20)27-23(33)15-30-10-12-31(13-11-30)19-6-7-21-22(14-19)36-16-35-21/h2-7,14H,8-13,15-16H2,1H3,(H2,27,28,29,33). The minimum atomic E-state index is -0.132. The SMILES string of the molecule is Cc1ccc(N2CCc3c(NC(=O)CN4CCN(c5ccc6c(c5)OCO6)CC4)n[nH]c3C2=O)cc1. The summed E-state index contributed by atoms with van der Waals surface area (Å²) in [5, 5.41) is 10.0. The molecule has 36 heavy (non-hydrogen) atoms. The summed E-state index contributed by atoms with van der Waals surface area (Å²) in [6.45, 7) is 6.26. The van der Waals surface area contributed by atoms with Crippen LogP contribution >= 0.6 is 0 Å². The van der Waals surface area contributed by atoms with E-state index in [4.69, 9.17) is 9.47 Å². The number of hydrogen-bond acceptors (Lipinski definition) is 7. The van der Waals surface area contributed by atoms with Crippen LogP contribution in [0.2, 0.25) is 0 Å². The minimum Gasteiger partial charge on any atom is -0.454 e. The molecule has 0 saturated carbocycles. The molecule has 186 valence electrons. The molecule has 10 heteroatoms. The van der Waals surface area contributed by atoms with Gasteiger partial charge in [-0.05, 0) is 37.6 Å². The van der Waals surface area contributed by atoms with E-state index in [0.29, 0.717) is 24.5 Å². The lowest BCUT2D eigenvalue weighted by molar-refractivity contribution is -0.117. The Kier molecular flexibility index (Phi) is 5.73. The van der Waals surface area contributed by atoms with Crippen LogP contribution in [0.1, 0.15) is 21.6 Å². The molecule has 0 spiro atoms. The molecule has 3 aromatic rings. The number of hydrogen-bond donors (Lipinski definition) is 2. The predicted octanol–water partition coefficient (Wildman–Crippen LogP) is 2.41. The highest BCUT2D eigenvalue weighted by atomic mass is 16.7. The Hall–Kier alpha value is -4.05. The summed E-state index contributed by atoms with van der Waals surface area (Å²) < 4.78 is 10.9. The molecule has 4 heterocycles. The molecule has 2 aromatic carbocycles. The molecule has 0 radical (unpaired) electrons. The largest absolute Gasteiger partial charge is 0.454 e. The van der Waals surface area contributed by atoms with Gasteiger partial charge in [-0.3, -0.25) is 19.6 Å². The van der Waals surface area contributed by atoms with E-state index in [-0.39, 0.29) is 25.2 Å². The second-order valence-corrected chi connectivity index (χ2v) is 9.32. The van der Waals surface area contributed by atoms with E-state index in [9.17, 15) is 9.59 Å². The Balaban J connectivity index is 1.04. The second-order valence-electron chi connectivity index (χ2n) is 9.32. The van der Waals surface area contributed by atoms with E-state index in [1.54, 1.807) is 4.90 Å². The van der Waals surface area contributed by atoms with Crippen molar-refractivity contribution in [2.45, 2.75) is 13.3 Å². The summed E-state index contributed by atoms with van der Waals surface area (Å²) in [5.74, 6) is 1.74. The van der Waals surface area contributed by atoms with Crippen molar-refractivity contribution in [1.82, 2.24) is 15.1 Å². The van der Waals surface area contributed by atoms with Gasteiger partial charge in [-0.15, -0.1) is 0 Å². The van der Waals surface area contributed by atoms with Crippen LogP contribution in [-0.4, -0.2) is 73.0 Å². The number of carbonyl (C=O) groups excluding carboxylic acids is 2. The average molecular weight is 489 g/mol. The zero-order valence-electron chi connectivity index (χ0n) is 20.1. The number of aromatic nitrogens is 2. The Bertz CT molecular complexity index is 1300. The van der Waals surface area contributed by atoms with Gasteiger partial charge in [0.25, 0.3) is 5.91 Å². The zero-order chi connectivity index (χ0) is 24.6. The normalized spacial score (nSPS) is 17.3. The van der Waals surface area contributed by atoms with E-state index in [2.05, 4.69) is 25.3 Å². The molecule has 0 atom stereocenters. The van der Waals surface area contributed by atoms with E-state index in [0.717, 1.165) is 60.2 Å². The lowest BCUT2D eigenvalue weighted by Crippen LogP contribution is -2.48. The van der Waals surface area contributed by atoms with Crippen molar-refractivity contribution in [3.63, 3.8) is 0 Å². The summed E-state index contributed by atoms with van der Waals surface area (Å²) in [6, 6.07) is 13.9. The Morgan fingerprint density at radius 1 is 1.00 bits per heavy atom. The van der Waals surface area contributed by atoms with Gasteiger partial charge < -0.3 is 24.6 Å². The minimum absolute atomic E-state index is 0.130. The third-order valence-electron chi connectivity index (χ3n) is 6.98. The van der Waals surface area contributed by atoms with Crippen molar-refractivity contribution in [1.29, 1.82) is 0 Å². The number of anilines is 3. The van der Waals surface area contributed by atoms with Gasteiger partial charge in [0.05, 0.1) is 6.54 Å². The first kappa shape index (κ1) is 22.4. The van der Waals surface area contributed by atoms with Gasteiger partial charge in [0.2, 0.25) is 12.7 Å². The molecule has 2 amide bonds. The number of nitrogens with zero attached hydrogens (tertiary/aromatic N) is 4. The van der Waals surface area contributed by atoms with Crippen LogP contribution in [0.3, 0.4) is 0 Å². The highest BCUT2D eigenvalue weighted by Gasteiger charge is 2.31. The van der Waals surface area contributed by atoms with Crippen molar-refractivity contribution in [3.8, 4) is 11.5 Å². The number of aryl methyl sites for hydroxylation is 1. The molecule has 1 saturated heterocycles. The highest BCUT2D eigenvalue weighted by Crippen LogP contribution is 2.35. The Labute approximate surface area is 208 Å². The highest BCUT2D eigenvalue weighted by molar-refractivity contribution is 6.08. The molecule has 2 N–H and O–H groups in total. The topological polar surface area (TPSA) is 103 Å². The molecule has 1 aromatic heterocycles. The lowest BCUT2D eigenvalue weighted by atomic mass is 10.0. The van der Waals surface area contributed by atoms with Gasteiger partial charge >= 0.3 is 0 Å². The van der Waals surface area contributed by atoms with E-state index < -0.39 is 0 Å². The molecule has 10 nitrogen and oxygen atoms in total. The van der Waals surface area contributed by atoms with Gasteiger partial charge in [-0.1, -0.05) is 17.7 Å². The number of carbonyl (C=O) groups is 2. The van der Waals surface area contributed by atoms with Gasteiger partial charge in [-0.25, -0.2) is 0 Å². The number of fused-ring (bicyclic) bond motifs is 2. The maximum Gasteiger partial charge on any atom is 0.276 e. The Morgan fingerprint density at radius 3 is 2.56 bits per heavy atom. The van der Waals surface area contributed by atoms with E-state index in [1.807, 2.05) is 49.4 Å². The van der Waals surface area contributed by atoms with Crippen LogP contribution in [0.4, 0.5) is 17.2 Å². The summed E-state index contributed by atoms with van der Waals surface area (Å²) in [7, 11) is 0. The number of benzene rings is 2. The molecule has 0 bridgehead atoms. The lowest BCUT2D eigenvalue weighted by Gasteiger charge is -2.35. The van der Waals surface area contributed by atoms with E-state index in [1.165, 1.54) is 0 Å². The van der Waals surface area contributed by atoms with Crippen LogP contribution in [-0.2, 0) is 11.2 Å². The predicted molar refractivity (Wildman–Crippen MR) is 135 cm³/mol. The maximum absolute atomic E-state index is 13.0. The quantitative estimate of drug-likeness (QED) is 0.569. The first-order valence-corrected chi connectivity index (χ1v) is 12.2. The van der Waals surface area contributed by atoms with Gasteiger partial charge in [0.15, 0.2) is 17.3 Å². The molecule has 0 unspecified atom stereocenters. The molecule has 0 aliphatic carbocycles. The van der Waals surface area contributed by atoms with Crippen LogP contribution < -0.4 is 24.6 Å². The maximum atomic E-state index is 13.0. The van der Waals surface area contributed by atoms with Crippen LogP contribution in [0.25, 0.3) is 0 Å². The van der Waals surface area contributed by atoms with Crippen molar-refractivity contribution in [2.75, 3.05) is 61.2 Å². The van der Waals surface area contributed by atoms with Crippen LogP contribution in [0, 0.1) is 6.92 Å². The number of aromatic amines is 1. The summed E-state index contributed by atoms with van der Waals surface area (Å²) in [4.78, 5) is 32.0. The fraction of sp³-hybridized carbons (Fsp3) is 0.346. The molecule has 1 fully saturated rings. The number of amides is 2. The van der Waals surface area contributed by atoms with Crippen molar-refractivity contribution >= 4 is 29.0 Å². The van der Waals surface area contributed by atoms with Crippen molar-refractivity contribution < 1.29 is 19.1 Å². The van der Waals surface area contributed by atoms with Crippen molar-refractivity contribution in [2.24, 2.45) is 0 Å². The average Bonchev–Trinajstić information content (AvgIpc) is 3.52. The number of nitrogens with one attached hydrogen (secondary N) is 2. The fourth-order valence-electron chi connectivity index (χ4n) is 4.94. The fourth-order valence-corrected chi connectivity index (χ4v) is 4.94. The van der Waals surface area contributed by atoms with Crippen molar-refractivity contribution in [3.05, 3.63) is 59.3 Å². The number of rotatable bonds is 5. The third-order valence-corrected chi connectivity index (χ3v) is 6.98. The summed E-state index contributed by atoms with van der Waals surface area (Å²) in [6.07, 6.45) is 0.620. The van der Waals surface area contributed by atoms with Gasteiger partial charge in [0.1, 0.15) is 5.69 Å². The molecular weight excluding hydrogens is 460 g/mol.